The van der Waals surface area contributed by atoms with E-state index in [0.29, 0.717) is 37.6 Å². The lowest BCUT2D eigenvalue weighted by Gasteiger charge is -2.22. The van der Waals surface area contributed by atoms with Gasteiger partial charge in [0.15, 0.2) is 0 Å². The molecule has 5 heteroatoms. The lowest BCUT2D eigenvalue weighted by atomic mass is 10.1. The predicted octanol–water partition coefficient (Wildman–Crippen LogP) is 3.93. The van der Waals surface area contributed by atoms with Crippen molar-refractivity contribution in [2.45, 2.75) is 13.2 Å². The zero-order valence-corrected chi connectivity index (χ0v) is 15.3. The molecule has 0 saturated heterocycles. The number of hydrogen-bond acceptors (Lipinski definition) is 4. The van der Waals surface area contributed by atoms with E-state index in [-0.39, 0.29) is 5.91 Å². The number of nitrogens with zero attached hydrogens (tertiary/aromatic N) is 1. The molecule has 3 aromatic rings. The van der Waals surface area contributed by atoms with Gasteiger partial charge in [-0.3, -0.25) is 4.79 Å². The van der Waals surface area contributed by atoms with Crippen LogP contribution in [-0.4, -0.2) is 23.9 Å². The van der Waals surface area contributed by atoms with Crippen LogP contribution in [0.25, 0.3) is 0 Å². The number of ether oxygens (including phenoxy) is 1. The molecule has 134 valence electrons. The summed E-state index contributed by atoms with van der Waals surface area (Å²) in [5, 5.41) is 2.01. The van der Waals surface area contributed by atoms with Gasteiger partial charge >= 0.3 is 0 Å². The Kier molecular flexibility index (Phi) is 6.41. The van der Waals surface area contributed by atoms with Crippen LogP contribution in [0.4, 0.5) is 0 Å². The number of hydrogen-bond donors (Lipinski definition) is 1. The number of nitrogens with two attached hydrogens (primary N) is 1. The molecule has 0 fully saturated rings. The summed E-state index contributed by atoms with van der Waals surface area (Å²) < 4.78 is 5.93. The Bertz CT molecular complexity index is 819. The van der Waals surface area contributed by atoms with E-state index in [1.807, 2.05) is 66.0 Å². The quantitative estimate of drug-likeness (QED) is 0.657. The highest BCUT2D eigenvalue weighted by Gasteiger charge is 2.19. The van der Waals surface area contributed by atoms with Gasteiger partial charge in [-0.2, -0.15) is 0 Å². The molecule has 4 nitrogen and oxygen atoms in total. The lowest BCUT2D eigenvalue weighted by Crippen LogP contribution is -2.34. The predicted molar refractivity (Wildman–Crippen MR) is 105 cm³/mol. The van der Waals surface area contributed by atoms with Gasteiger partial charge in [-0.15, -0.1) is 11.3 Å². The van der Waals surface area contributed by atoms with Gasteiger partial charge in [0.05, 0.1) is 12.1 Å². The second-order valence-electron chi connectivity index (χ2n) is 5.87. The second kappa shape index (κ2) is 9.17. The highest BCUT2D eigenvalue weighted by atomic mass is 32.1. The van der Waals surface area contributed by atoms with E-state index in [9.17, 15) is 4.79 Å². The van der Waals surface area contributed by atoms with Crippen LogP contribution in [0.3, 0.4) is 0 Å². The zero-order chi connectivity index (χ0) is 18.2. The molecule has 0 bridgehead atoms. The van der Waals surface area contributed by atoms with Crippen molar-refractivity contribution < 1.29 is 9.53 Å². The van der Waals surface area contributed by atoms with Crippen LogP contribution >= 0.6 is 11.3 Å². The van der Waals surface area contributed by atoms with Gasteiger partial charge in [-0.25, -0.2) is 0 Å². The molecule has 3 rings (SSSR count). The third-order valence-corrected chi connectivity index (χ3v) is 4.83. The first kappa shape index (κ1) is 18.2. The van der Waals surface area contributed by atoms with Crippen molar-refractivity contribution in [1.82, 2.24) is 4.90 Å². The number of carbonyl (C=O) groups is 1. The number of rotatable bonds is 8. The maximum atomic E-state index is 13.1. The van der Waals surface area contributed by atoms with Gasteiger partial charge in [-0.1, -0.05) is 48.5 Å². The van der Waals surface area contributed by atoms with Crippen LogP contribution in [0.2, 0.25) is 0 Å². The van der Waals surface area contributed by atoms with Crippen LogP contribution in [-0.2, 0) is 13.2 Å². The van der Waals surface area contributed by atoms with Crippen LogP contribution in [0, 0.1) is 0 Å². The lowest BCUT2D eigenvalue weighted by molar-refractivity contribution is 0.0745. The molecule has 1 heterocycles. The highest BCUT2D eigenvalue weighted by Crippen LogP contribution is 2.23. The largest absolute Gasteiger partial charge is 0.488 e. The minimum atomic E-state index is -0.0625. The Hall–Kier alpha value is -2.63. The average Bonchev–Trinajstić information content (AvgIpc) is 3.20. The van der Waals surface area contributed by atoms with Crippen molar-refractivity contribution in [2.75, 3.05) is 13.1 Å². The van der Waals surface area contributed by atoms with Gasteiger partial charge in [0.2, 0.25) is 0 Å². The summed E-state index contributed by atoms with van der Waals surface area (Å²) in [5.41, 5.74) is 7.35. The molecule has 0 spiro atoms. The summed E-state index contributed by atoms with van der Waals surface area (Å²) in [7, 11) is 0. The normalized spacial score (nSPS) is 10.5. The maximum absolute atomic E-state index is 13.1. The van der Waals surface area contributed by atoms with Crippen molar-refractivity contribution in [1.29, 1.82) is 0 Å². The van der Waals surface area contributed by atoms with Crippen LogP contribution in [0.1, 0.15) is 20.8 Å². The van der Waals surface area contributed by atoms with Crippen LogP contribution < -0.4 is 10.5 Å². The first-order valence-corrected chi connectivity index (χ1v) is 9.43. The van der Waals surface area contributed by atoms with Crippen LogP contribution in [0.5, 0.6) is 5.75 Å². The topological polar surface area (TPSA) is 55.6 Å². The number of benzene rings is 2. The van der Waals surface area contributed by atoms with Crippen molar-refractivity contribution in [3.05, 3.63) is 88.1 Å². The molecule has 0 aliphatic rings. The fraction of sp³-hybridized carbons (Fsp3) is 0.190. The van der Waals surface area contributed by atoms with Gasteiger partial charge in [0.1, 0.15) is 12.4 Å². The van der Waals surface area contributed by atoms with Gasteiger partial charge < -0.3 is 15.4 Å². The summed E-state index contributed by atoms with van der Waals surface area (Å²) in [6, 6.07) is 21.3. The molecule has 1 aromatic heterocycles. The summed E-state index contributed by atoms with van der Waals surface area (Å²) in [5.74, 6) is 0.530. The van der Waals surface area contributed by atoms with Crippen molar-refractivity contribution >= 4 is 17.2 Å². The SMILES string of the molecule is NCCN(Cc1cccs1)C(=O)c1ccccc1OCc1ccccc1. The first-order valence-electron chi connectivity index (χ1n) is 8.55. The molecule has 0 saturated carbocycles. The van der Waals surface area contributed by atoms with E-state index in [2.05, 4.69) is 0 Å². The summed E-state index contributed by atoms with van der Waals surface area (Å²) in [6.07, 6.45) is 0. The molecule has 2 N–H and O–H groups in total. The molecule has 0 atom stereocenters. The van der Waals surface area contributed by atoms with E-state index in [1.165, 1.54) is 0 Å². The van der Waals surface area contributed by atoms with Crippen molar-refractivity contribution in [3.63, 3.8) is 0 Å². The fourth-order valence-electron chi connectivity index (χ4n) is 2.67. The Balaban J connectivity index is 1.76. The molecule has 0 radical (unpaired) electrons. The van der Waals surface area contributed by atoms with E-state index < -0.39 is 0 Å². The van der Waals surface area contributed by atoms with E-state index in [1.54, 1.807) is 22.3 Å². The second-order valence-corrected chi connectivity index (χ2v) is 6.90. The third kappa shape index (κ3) is 4.71. The number of para-hydroxylation sites is 1. The Morgan fingerprint density at radius 2 is 1.77 bits per heavy atom. The average molecular weight is 366 g/mol. The minimum Gasteiger partial charge on any atom is -0.488 e. The smallest absolute Gasteiger partial charge is 0.257 e. The zero-order valence-electron chi connectivity index (χ0n) is 14.5. The first-order chi connectivity index (χ1) is 12.8. The number of amides is 1. The minimum absolute atomic E-state index is 0.0625. The molecule has 26 heavy (non-hydrogen) atoms. The molecule has 0 unspecified atom stereocenters. The summed E-state index contributed by atoms with van der Waals surface area (Å²) >= 11 is 1.64. The molecule has 0 aliphatic carbocycles. The van der Waals surface area contributed by atoms with Crippen LogP contribution in [0.15, 0.2) is 72.1 Å². The summed E-state index contributed by atoms with van der Waals surface area (Å²) in [4.78, 5) is 16.0. The molecular weight excluding hydrogens is 344 g/mol. The monoisotopic (exact) mass is 366 g/mol. The van der Waals surface area contributed by atoms with Crippen molar-refractivity contribution in [3.8, 4) is 5.75 Å². The summed E-state index contributed by atoms with van der Waals surface area (Å²) in [6.45, 7) is 1.90. The van der Waals surface area contributed by atoms with E-state index in [4.69, 9.17) is 10.5 Å². The molecule has 0 aliphatic heterocycles. The molecule has 1 amide bonds. The van der Waals surface area contributed by atoms with E-state index in [0.717, 1.165) is 10.4 Å². The van der Waals surface area contributed by atoms with Gasteiger partial charge in [-0.05, 0) is 29.1 Å². The molecular formula is C21H22N2O2S. The number of carbonyl (C=O) groups excluding carboxylic acids is 1. The standard InChI is InChI=1S/C21H22N2O2S/c22-12-13-23(15-18-9-6-14-26-18)21(24)19-10-4-5-11-20(19)25-16-17-7-2-1-3-8-17/h1-11,14H,12-13,15-16,22H2. The third-order valence-electron chi connectivity index (χ3n) is 3.97. The van der Waals surface area contributed by atoms with E-state index >= 15 is 0 Å². The Labute approximate surface area is 157 Å². The van der Waals surface area contributed by atoms with Crippen molar-refractivity contribution in [2.24, 2.45) is 5.73 Å². The molecule has 2 aromatic carbocycles. The maximum Gasteiger partial charge on any atom is 0.257 e. The highest BCUT2D eigenvalue weighted by molar-refractivity contribution is 7.09. The van der Waals surface area contributed by atoms with Gasteiger partial charge in [0.25, 0.3) is 5.91 Å². The Morgan fingerprint density at radius 3 is 2.50 bits per heavy atom. The fourth-order valence-corrected chi connectivity index (χ4v) is 3.39. The van der Waals surface area contributed by atoms with Gasteiger partial charge in [0, 0.05) is 18.0 Å². The number of thiophene rings is 1. The Morgan fingerprint density at radius 1 is 1.00 bits per heavy atom.